The smallest absolute Gasteiger partial charge is 0.115 e. The lowest BCUT2D eigenvalue weighted by molar-refractivity contribution is 0.591. The van der Waals surface area contributed by atoms with Gasteiger partial charge in [0.25, 0.3) is 0 Å². The molecule has 0 fully saturated rings. The summed E-state index contributed by atoms with van der Waals surface area (Å²) in [6.45, 7) is 0. The first-order valence-electron chi connectivity index (χ1n) is 4.96. The van der Waals surface area contributed by atoms with Gasteiger partial charge in [-0.2, -0.15) is 0 Å². The van der Waals surface area contributed by atoms with Gasteiger partial charge in [0, 0.05) is 35.3 Å². The van der Waals surface area contributed by atoms with Crippen molar-refractivity contribution in [1.82, 2.24) is 15.3 Å². The van der Waals surface area contributed by atoms with E-state index in [1.807, 2.05) is 19.4 Å². The summed E-state index contributed by atoms with van der Waals surface area (Å²) in [7, 11) is 1.96. The molecule has 0 spiro atoms. The van der Waals surface area contributed by atoms with Crippen molar-refractivity contribution in [3.8, 4) is 0 Å². The van der Waals surface area contributed by atoms with Crippen LogP contribution in [0.5, 0.6) is 0 Å². The molecule has 5 heteroatoms. The minimum atomic E-state index is 0.270. The molecule has 3 nitrogen and oxygen atoms in total. The molecule has 0 saturated heterocycles. The molecule has 1 unspecified atom stereocenters. The number of aromatic nitrogens is 2. The molecule has 0 radical (unpaired) electrons. The molecule has 1 atom stereocenters. The fourth-order valence-electron chi connectivity index (χ4n) is 1.54. The van der Waals surface area contributed by atoms with Gasteiger partial charge >= 0.3 is 0 Å². The van der Waals surface area contributed by atoms with E-state index in [9.17, 15) is 0 Å². The van der Waals surface area contributed by atoms with Crippen LogP contribution in [-0.2, 0) is 6.42 Å². The van der Waals surface area contributed by atoms with E-state index in [1.165, 1.54) is 8.66 Å². The lowest BCUT2D eigenvalue weighted by atomic mass is 10.1. The molecule has 0 aliphatic carbocycles. The number of nitrogens with zero attached hydrogens (tertiary/aromatic N) is 2. The third-order valence-corrected chi connectivity index (χ3v) is 4.01. The van der Waals surface area contributed by atoms with Crippen LogP contribution >= 0.6 is 27.3 Å². The van der Waals surface area contributed by atoms with Gasteiger partial charge in [0.1, 0.15) is 6.33 Å². The van der Waals surface area contributed by atoms with Gasteiger partial charge in [0.15, 0.2) is 0 Å². The van der Waals surface area contributed by atoms with Gasteiger partial charge in [-0.15, -0.1) is 11.3 Å². The molecule has 0 aromatic carbocycles. The van der Waals surface area contributed by atoms with Crippen LogP contribution in [0.1, 0.15) is 16.5 Å². The topological polar surface area (TPSA) is 37.8 Å². The predicted molar refractivity (Wildman–Crippen MR) is 69.6 cm³/mol. The Morgan fingerprint density at radius 2 is 2.12 bits per heavy atom. The maximum atomic E-state index is 4.04. The first kappa shape index (κ1) is 11.7. The van der Waals surface area contributed by atoms with Crippen molar-refractivity contribution in [2.75, 3.05) is 7.05 Å². The SMILES string of the molecule is CNC(Cc1ccc(Br)s1)c1cncnc1. The van der Waals surface area contributed by atoms with Gasteiger partial charge in [-0.05, 0) is 35.1 Å². The maximum absolute atomic E-state index is 4.04. The molecule has 2 heterocycles. The maximum Gasteiger partial charge on any atom is 0.115 e. The molecule has 0 saturated carbocycles. The third kappa shape index (κ3) is 2.87. The lowest BCUT2D eigenvalue weighted by Crippen LogP contribution is -2.18. The second kappa shape index (κ2) is 5.52. The Morgan fingerprint density at radius 3 is 2.69 bits per heavy atom. The van der Waals surface area contributed by atoms with Gasteiger partial charge in [-0.1, -0.05) is 0 Å². The van der Waals surface area contributed by atoms with E-state index < -0.39 is 0 Å². The quantitative estimate of drug-likeness (QED) is 0.943. The van der Waals surface area contributed by atoms with E-state index in [0.29, 0.717) is 0 Å². The fourth-order valence-corrected chi connectivity index (χ4v) is 3.07. The molecule has 1 N–H and O–H groups in total. The van der Waals surface area contributed by atoms with Crippen LogP contribution < -0.4 is 5.32 Å². The summed E-state index contributed by atoms with van der Waals surface area (Å²) in [5.41, 5.74) is 1.12. The standard InChI is InChI=1S/C11H12BrN3S/c1-13-10(8-5-14-7-15-6-8)4-9-2-3-11(12)16-9/h2-3,5-7,10,13H,4H2,1H3. The molecule has 0 bridgehead atoms. The Morgan fingerprint density at radius 1 is 1.38 bits per heavy atom. The molecule has 2 aromatic rings. The largest absolute Gasteiger partial charge is 0.313 e. The third-order valence-electron chi connectivity index (χ3n) is 2.37. The molecule has 0 amide bonds. The Bertz CT molecular complexity index is 444. The normalized spacial score (nSPS) is 12.6. The zero-order valence-electron chi connectivity index (χ0n) is 8.85. The molecule has 84 valence electrons. The van der Waals surface area contributed by atoms with Gasteiger partial charge in [-0.25, -0.2) is 9.97 Å². The van der Waals surface area contributed by atoms with E-state index >= 15 is 0 Å². The number of hydrogen-bond acceptors (Lipinski definition) is 4. The predicted octanol–water partition coefficient (Wildman–Crippen LogP) is 2.80. The summed E-state index contributed by atoms with van der Waals surface area (Å²) >= 11 is 5.24. The fraction of sp³-hybridized carbons (Fsp3) is 0.273. The van der Waals surface area contributed by atoms with Crippen LogP contribution in [0.15, 0.2) is 34.6 Å². The zero-order chi connectivity index (χ0) is 11.4. The van der Waals surface area contributed by atoms with Gasteiger partial charge in [0.05, 0.1) is 3.79 Å². The van der Waals surface area contributed by atoms with Crippen LogP contribution in [0.2, 0.25) is 0 Å². The first-order chi connectivity index (χ1) is 7.79. The second-order valence-electron chi connectivity index (χ2n) is 3.42. The summed E-state index contributed by atoms with van der Waals surface area (Å²) in [5, 5.41) is 3.29. The van der Waals surface area contributed by atoms with Crippen LogP contribution in [0.3, 0.4) is 0 Å². The zero-order valence-corrected chi connectivity index (χ0v) is 11.3. The molecule has 0 aliphatic heterocycles. The van der Waals surface area contributed by atoms with Crippen molar-refractivity contribution in [3.05, 3.63) is 45.1 Å². The number of thiophene rings is 1. The van der Waals surface area contributed by atoms with E-state index in [0.717, 1.165) is 12.0 Å². The summed E-state index contributed by atoms with van der Waals surface area (Å²) in [6, 6.07) is 4.49. The Hall–Kier alpha value is -0.780. The molecular weight excluding hydrogens is 286 g/mol. The number of halogens is 1. The number of nitrogens with one attached hydrogen (secondary N) is 1. The number of hydrogen-bond donors (Lipinski definition) is 1. The van der Waals surface area contributed by atoms with E-state index in [-0.39, 0.29) is 6.04 Å². The molecule has 2 rings (SSSR count). The van der Waals surface area contributed by atoms with Crippen LogP contribution in [0.4, 0.5) is 0 Å². The second-order valence-corrected chi connectivity index (χ2v) is 5.97. The van der Waals surface area contributed by atoms with Crippen molar-refractivity contribution < 1.29 is 0 Å². The van der Waals surface area contributed by atoms with E-state index in [1.54, 1.807) is 17.7 Å². The number of likely N-dealkylation sites (N-methyl/N-ethyl adjacent to an activating group) is 1. The Labute approximate surface area is 107 Å². The summed E-state index contributed by atoms with van der Waals surface area (Å²) in [5.74, 6) is 0. The Balaban J connectivity index is 2.12. The Kier molecular flexibility index (Phi) is 4.04. The highest BCUT2D eigenvalue weighted by atomic mass is 79.9. The first-order valence-corrected chi connectivity index (χ1v) is 6.57. The molecule has 0 aliphatic rings. The minimum absolute atomic E-state index is 0.270. The summed E-state index contributed by atoms with van der Waals surface area (Å²) in [6.07, 6.45) is 6.23. The van der Waals surface area contributed by atoms with Gasteiger partial charge in [0.2, 0.25) is 0 Å². The van der Waals surface area contributed by atoms with Crippen molar-refractivity contribution >= 4 is 27.3 Å². The molecule has 16 heavy (non-hydrogen) atoms. The van der Waals surface area contributed by atoms with Gasteiger partial charge < -0.3 is 5.32 Å². The lowest BCUT2D eigenvalue weighted by Gasteiger charge is -2.14. The average molecular weight is 298 g/mol. The molecular formula is C11H12BrN3S. The van der Waals surface area contributed by atoms with Crippen LogP contribution in [-0.4, -0.2) is 17.0 Å². The van der Waals surface area contributed by atoms with Crippen molar-refractivity contribution in [2.24, 2.45) is 0 Å². The minimum Gasteiger partial charge on any atom is -0.313 e. The summed E-state index contributed by atoms with van der Waals surface area (Å²) < 4.78 is 1.17. The average Bonchev–Trinajstić information content (AvgIpc) is 2.73. The highest BCUT2D eigenvalue weighted by molar-refractivity contribution is 9.11. The van der Waals surface area contributed by atoms with Crippen LogP contribution in [0, 0.1) is 0 Å². The highest BCUT2D eigenvalue weighted by Crippen LogP contribution is 2.26. The van der Waals surface area contributed by atoms with E-state index in [4.69, 9.17) is 0 Å². The monoisotopic (exact) mass is 297 g/mol. The summed E-state index contributed by atoms with van der Waals surface area (Å²) in [4.78, 5) is 9.43. The van der Waals surface area contributed by atoms with Crippen molar-refractivity contribution in [2.45, 2.75) is 12.5 Å². The van der Waals surface area contributed by atoms with Crippen molar-refractivity contribution in [1.29, 1.82) is 0 Å². The number of rotatable bonds is 4. The highest BCUT2D eigenvalue weighted by Gasteiger charge is 2.11. The van der Waals surface area contributed by atoms with Gasteiger partial charge in [-0.3, -0.25) is 0 Å². The van der Waals surface area contributed by atoms with Crippen LogP contribution in [0.25, 0.3) is 0 Å². The van der Waals surface area contributed by atoms with Crippen molar-refractivity contribution in [3.63, 3.8) is 0 Å². The molecule has 2 aromatic heterocycles. The van der Waals surface area contributed by atoms with E-state index in [2.05, 4.69) is 43.3 Å².